The van der Waals surface area contributed by atoms with E-state index >= 15 is 0 Å². The highest BCUT2D eigenvalue weighted by Gasteiger charge is 2.29. The van der Waals surface area contributed by atoms with E-state index in [0.717, 1.165) is 6.26 Å². The Bertz CT molecular complexity index is 1590. The van der Waals surface area contributed by atoms with Crippen LogP contribution < -0.4 is 10.0 Å². The average molecular weight is 612 g/mol. The van der Waals surface area contributed by atoms with Crippen molar-refractivity contribution in [3.05, 3.63) is 79.7 Å². The number of sulfonamides is 1. The second-order valence-electron chi connectivity index (χ2n) is 7.19. The summed E-state index contributed by atoms with van der Waals surface area (Å²) in [6, 6.07) is 10.1. The molecule has 36 heavy (non-hydrogen) atoms. The van der Waals surface area contributed by atoms with Crippen LogP contribution in [0.2, 0.25) is 20.1 Å². The lowest BCUT2D eigenvalue weighted by atomic mass is 10.1. The van der Waals surface area contributed by atoms with Gasteiger partial charge in [0.15, 0.2) is 0 Å². The van der Waals surface area contributed by atoms with Crippen LogP contribution in [-0.4, -0.2) is 40.1 Å². The minimum atomic E-state index is -3.98. The molecule has 3 N–H and O–H groups in total. The molecular weight excluding hydrogens is 598 g/mol. The molecule has 3 aromatic rings. The zero-order valence-corrected chi connectivity index (χ0v) is 22.5. The number of carbonyl (C=O) groups is 2. The lowest BCUT2D eigenvalue weighted by Gasteiger charge is -2.14. The fourth-order valence-corrected chi connectivity index (χ4v) is 5.85. The monoisotopic (exact) mass is 610 g/mol. The van der Waals surface area contributed by atoms with Gasteiger partial charge in [0, 0.05) is 11.4 Å². The van der Waals surface area contributed by atoms with Gasteiger partial charge >= 0.3 is 5.97 Å². The molecule has 3 rings (SSSR count). The number of aromatic carboxylic acids is 1. The highest BCUT2D eigenvalue weighted by Crippen LogP contribution is 2.41. The number of amides is 1. The number of anilines is 2. The molecule has 0 atom stereocenters. The van der Waals surface area contributed by atoms with Crippen molar-refractivity contribution in [3.63, 3.8) is 0 Å². The number of hydrogen-bond acceptors (Lipinski definition) is 6. The Morgan fingerprint density at radius 1 is 0.694 bits per heavy atom. The molecule has 0 unspecified atom stereocenters. The molecule has 0 fully saturated rings. The van der Waals surface area contributed by atoms with Crippen LogP contribution in [0.3, 0.4) is 0 Å². The van der Waals surface area contributed by atoms with Crippen LogP contribution in [0.1, 0.15) is 20.7 Å². The number of sulfone groups is 1. The molecule has 0 aliphatic rings. The number of benzene rings is 3. The molecule has 0 saturated carbocycles. The number of carboxylic acids is 1. The molecular formula is C21H14Cl4N2O7S2. The van der Waals surface area contributed by atoms with E-state index in [2.05, 4.69) is 10.0 Å². The zero-order chi connectivity index (χ0) is 27.0. The van der Waals surface area contributed by atoms with Crippen molar-refractivity contribution in [1.82, 2.24) is 0 Å². The van der Waals surface area contributed by atoms with Crippen LogP contribution in [0.4, 0.5) is 11.4 Å². The lowest BCUT2D eigenvalue weighted by Crippen LogP contribution is -2.18. The predicted molar refractivity (Wildman–Crippen MR) is 138 cm³/mol. The Morgan fingerprint density at radius 3 is 1.53 bits per heavy atom. The summed E-state index contributed by atoms with van der Waals surface area (Å²) in [5, 5.41) is 10.4. The summed E-state index contributed by atoms with van der Waals surface area (Å²) in [5.41, 5.74) is -0.873. The van der Waals surface area contributed by atoms with Gasteiger partial charge in [0.25, 0.3) is 5.91 Å². The van der Waals surface area contributed by atoms with E-state index in [9.17, 15) is 31.5 Å². The number of hydrogen-bond donors (Lipinski definition) is 3. The molecule has 0 aliphatic carbocycles. The third kappa shape index (κ3) is 5.88. The highest BCUT2D eigenvalue weighted by molar-refractivity contribution is 7.92. The third-order valence-corrected chi connectivity index (χ3v) is 8.79. The van der Waals surface area contributed by atoms with E-state index in [4.69, 9.17) is 46.4 Å². The van der Waals surface area contributed by atoms with E-state index in [0.29, 0.717) is 0 Å². The predicted octanol–water partition coefficient (Wildman–Crippen LogP) is 5.46. The maximum Gasteiger partial charge on any atom is 0.338 e. The summed E-state index contributed by atoms with van der Waals surface area (Å²) in [6.45, 7) is 0. The Morgan fingerprint density at radius 2 is 1.11 bits per heavy atom. The zero-order valence-electron chi connectivity index (χ0n) is 17.8. The van der Waals surface area contributed by atoms with E-state index in [-0.39, 0.29) is 31.2 Å². The van der Waals surface area contributed by atoms with Gasteiger partial charge in [-0.2, -0.15) is 0 Å². The van der Waals surface area contributed by atoms with E-state index in [1.54, 1.807) is 0 Å². The third-order valence-electron chi connectivity index (χ3n) is 4.60. The second kappa shape index (κ2) is 10.4. The summed E-state index contributed by atoms with van der Waals surface area (Å²) in [6.07, 6.45) is 0.963. The summed E-state index contributed by atoms with van der Waals surface area (Å²) >= 11 is 23.9. The van der Waals surface area contributed by atoms with Gasteiger partial charge in [-0.3, -0.25) is 9.52 Å². The van der Waals surface area contributed by atoms with E-state index in [1.807, 2.05) is 0 Å². The van der Waals surface area contributed by atoms with Crippen LogP contribution >= 0.6 is 46.4 Å². The number of carbonyl (C=O) groups excluding carboxylic acids is 1. The Labute approximate surface area is 225 Å². The molecule has 0 spiro atoms. The summed E-state index contributed by atoms with van der Waals surface area (Å²) in [7, 11) is -7.50. The molecule has 0 heterocycles. The molecule has 0 aromatic heterocycles. The van der Waals surface area contributed by atoms with Crippen LogP contribution in [0.15, 0.2) is 58.3 Å². The first-order valence-corrected chi connectivity index (χ1v) is 14.4. The van der Waals surface area contributed by atoms with Crippen LogP contribution in [0.25, 0.3) is 0 Å². The molecule has 1 amide bonds. The molecule has 0 bridgehead atoms. The van der Waals surface area contributed by atoms with Gasteiger partial charge in [0.1, 0.15) is 0 Å². The minimum Gasteiger partial charge on any atom is -0.478 e. The SMILES string of the molecule is CS(=O)(=O)Nc1ccc(S(=O)(=O)c2ccc(NC(=O)c3c(Cl)c(Cl)c(Cl)c(Cl)c3C(=O)O)cc2)cc1. The minimum absolute atomic E-state index is 0.0957. The van der Waals surface area contributed by atoms with Crippen molar-refractivity contribution < 1.29 is 31.5 Å². The van der Waals surface area contributed by atoms with Gasteiger partial charge in [0.2, 0.25) is 19.9 Å². The maximum atomic E-state index is 12.9. The van der Waals surface area contributed by atoms with Crippen molar-refractivity contribution in [2.45, 2.75) is 9.79 Å². The summed E-state index contributed by atoms with van der Waals surface area (Å²) < 4.78 is 50.7. The van der Waals surface area contributed by atoms with Gasteiger partial charge in [-0.15, -0.1) is 0 Å². The standard InChI is InChI=1S/C21H14Cl4N2O7S2/c1-35(31,32)27-11-4-8-13(9-5-11)36(33,34)12-6-2-10(3-7-12)26-20(28)14-15(21(29)30)17(23)19(25)18(24)16(14)22/h2-9,27H,1H3,(H,26,28)(H,29,30). The normalized spacial score (nSPS) is 11.7. The van der Waals surface area contributed by atoms with Crippen LogP contribution in [0, 0.1) is 0 Å². The first kappa shape index (κ1) is 28.0. The Hall–Kier alpha value is -2.54. The van der Waals surface area contributed by atoms with Crippen molar-refractivity contribution in [1.29, 1.82) is 0 Å². The van der Waals surface area contributed by atoms with Gasteiger partial charge < -0.3 is 10.4 Å². The number of rotatable bonds is 7. The van der Waals surface area contributed by atoms with E-state index < -0.39 is 52.9 Å². The van der Waals surface area contributed by atoms with Gasteiger partial charge in [-0.25, -0.2) is 21.6 Å². The Kier molecular flexibility index (Phi) is 8.13. The molecule has 15 heteroatoms. The molecule has 0 aliphatic heterocycles. The van der Waals surface area contributed by atoms with Crippen molar-refractivity contribution in [2.24, 2.45) is 0 Å². The maximum absolute atomic E-state index is 12.9. The second-order valence-corrected chi connectivity index (χ2v) is 12.4. The quantitative estimate of drug-likeness (QED) is 0.237. The summed E-state index contributed by atoms with van der Waals surface area (Å²) in [5.74, 6) is -2.53. The number of nitrogens with one attached hydrogen (secondary N) is 2. The van der Waals surface area contributed by atoms with Crippen molar-refractivity contribution in [2.75, 3.05) is 16.3 Å². The smallest absolute Gasteiger partial charge is 0.338 e. The van der Waals surface area contributed by atoms with Crippen LogP contribution in [-0.2, 0) is 19.9 Å². The van der Waals surface area contributed by atoms with Crippen LogP contribution in [0.5, 0.6) is 0 Å². The summed E-state index contributed by atoms with van der Waals surface area (Å²) in [4.78, 5) is 24.3. The van der Waals surface area contributed by atoms with Gasteiger partial charge in [0.05, 0.1) is 47.3 Å². The molecule has 9 nitrogen and oxygen atoms in total. The lowest BCUT2D eigenvalue weighted by molar-refractivity contribution is 0.0692. The van der Waals surface area contributed by atoms with E-state index in [1.165, 1.54) is 48.5 Å². The molecule has 190 valence electrons. The molecule has 3 aromatic carbocycles. The molecule has 0 saturated heterocycles. The fraction of sp³-hybridized carbons (Fsp3) is 0.0476. The van der Waals surface area contributed by atoms with Crippen molar-refractivity contribution in [3.8, 4) is 0 Å². The molecule has 0 radical (unpaired) electrons. The first-order valence-electron chi connectivity index (χ1n) is 9.47. The van der Waals surface area contributed by atoms with Gasteiger partial charge in [-0.05, 0) is 48.5 Å². The largest absolute Gasteiger partial charge is 0.478 e. The first-order chi connectivity index (χ1) is 16.6. The topological polar surface area (TPSA) is 147 Å². The highest BCUT2D eigenvalue weighted by atomic mass is 35.5. The number of halogens is 4. The number of carboxylic acid groups (broad SMARTS) is 1. The average Bonchev–Trinajstić information content (AvgIpc) is 2.79. The van der Waals surface area contributed by atoms with Gasteiger partial charge in [-0.1, -0.05) is 46.4 Å². The fourth-order valence-electron chi connectivity index (χ4n) is 3.01. The van der Waals surface area contributed by atoms with Crippen molar-refractivity contribution >= 4 is 89.5 Å². The Balaban J connectivity index is 1.88.